The van der Waals surface area contributed by atoms with Gasteiger partial charge in [0.1, 0.15) is 5.15 Å². The average Bonchev–Trinajstić information content (AvgIpc) is 2.91. The van der Waals surface area contributed by atoms with E-state index in [-0.39, 0.29) is 11.8 Å². The predicted molar refractivity (Wildman–Crippen MR) is 104 cm³/mol. The second-order valence-corrected chi connectivity index (χ2v) is 6.17. The number of benzene rings is 1. The molecule has 1 aromatic carbocycles. The minimum Gasteiger partial charge on any atom is -0.355 e. The summed E-state index contributed by atoms with van der Waals surface area (Å²) in [4.78, 5) is 24.1. The van der Waals surface area contributed by atoms with Crippen LogP contribution in [0.25, 0.3) is 6.08 Å². The molecule has 2 aromatic rings. The highest BCUT2D eigenvalue weighted by atomic mass is 35.5. The first-order chi connectivity index (χ1) is 12.5. The van der Waals surface area contributed by atoms with Crippen molar-refractivity contribution in [1.82, 2.24) is 15.1 Å². The fourth-order valence-electron chi connectivity index (χ4n) is 2.47. The summed E-state index contributed by atoms with van der Waals surface area (Å²) >= 11 is 6.36. The largest absolute Gasteiger partial charge is 0.355 e. The van der Waals surface area contributed by atoms with Crippen molar-refractivity contribution < 1.29 is 9.59 Å². The van der Waals surface area contributed by atoms with Gasteiger partial charge in [0, 0.05) is 25.2 Å². The number of carbonyl (C=O) groups excluding carboxylic acids is 2. The number of carbonyl (C=O) groups is 2. The Balaban J connectivity index is 2.14. The van der Waals surface area contributed by atoms with E-state index in [1.54, 1.807) is 42.1 Å². The van der Waals surface area contributed by atoms with Crippen molar-refractivity contribution in [2.45, 2.75) is 33.2 Å². The molecule has 7 heteroatoms. The summed E-state index contributed by atoms with van der Waals surface area (Å²) in [6, 6.07) is 6.82. The van der Waals surface area contributed by atoms with E-state index in [0.29, 0.717) is 16.4 Å². The standard InChI is InChI=1S/C19H23ClN4O2/c1-4-5-12-24-18(20)14(13(2)23-24)10-11-17(25)22-16-9-7-6-8-15(16)19(26)21-3/h6-11H,4-5,12H2,1-3H3,(H,21,26)(H,22,25)/b11-10+. The lowest BCUT2D eigenvalue weighted by atomic mass is 10.1. The molecule has 0 radical (unpaired) electrons. The zero-order valence-electron chi connectivity index (χ0n) is 15.2. The van der Waals surface area contributed by atoms with Gasteiger partial charge in [0.2, 0.25) is 5.91 Å². The summed E-state index contributed by atoms with van der Waals surface area (Å²) in [6.45, 7) is 4.70. The minimum atomic E-state index is -0.349. The second kappa shape index (κ2) is 9.20. The molecule has 0 fully saturated rings. The molecular weight excluding hydrogens is 352 g/mol. The maximum Gasteiger partial charge on any atom is 0.253 e. The maximum atomic E-state index is 12.3. The number of unbranched alkanes of at least 4 members (excludes halogenated alkanes) is 1. The molecule has 0 unspecified atom stereocenters. The van der Waals surface area contributed by atoms with Crippen molar-refractivity contribution in [1.29, 1.82) is 0 Å². The molecule has 26 heavy (non-hydrogen) atoms. The molecule has 138 valence electrons. The summed E-state index contributed by atoms with van der Waals surface area (Å²) in [5.74, 6) is -0.612. The quantitative estimate of drug-likeness (QED) is 0.726. The summed E-state index contributed by atoms with van der Waals surface area (Å²) < 4.78 is 1.75. The Kier molecular flexibility index (Phi) is 6.97. The van der Waals surface area contributed by atoms with Crippen LogP contribution in [0.4, 0.5) is 5.69 Å². The lowest BCUT2D eigenvalue weighted by Crippen LogP contribution is -2.20. The van der Waals surface area contributed by atoms with Gasteiger partial charge in [0.15, 0.2) is 0 Å². The van der Waals surface area contributed by atoms with Crippen LogP contribution in [0.3, 0.4) is 0 Å². The summed E-state index contributed by atoms with van der Waals surface area (Å²) in [5.41, 5.74) is 2.33. The SMILES string of the molecule is CCCCn1nc(C)c(/C=C/C(=O)Nc2ccccc2C(=O)NC)c1Cl. The molecule has 6 nitrogen and oxygen atoms in total. The van der Waals surface area contributed by atoms with Crippen molar-refractivity contribution in [3.05, 3.63) is 52.3 Å². The van der Waals surface area contributed by atoms with Crippen molar-refractivity contribution >= 4 is 35.2 Å². The van der Waals surface area contributed by atoms with Crippen LogP contribution in [0, 0.1) is 6.92 Å². The van der Waals surface area contributed by atoms with Gasteiger partial charge in [-0.2, -0.15) is 5.10 Å². The molecule has 2 N–H and O–H groups in total. The van der Waals surface area contributed by atoms with Gasteiger partial charge < -0.3 is 10.6 Å². The molecular formula is C19H23ClN4O2. The number of hydrogen-bond acceptors (Lipinski definition) is 3. The topological polar surface area (TPSA) is 76.0 Å². The second-order valence-electron chi connectivity index (χ2n) is 5.81. The number of para-hydroxylation sites is 1. The number of amides is 2. The highest BCUT2D eigenvalue weighted by Crippen LogP contribution is 2.22. The summed E-state index contributed by atoms with van der Waals surface area (Å²) in [7, 11) is 1.54. The number of rotatable bonds is 7. The fraction of sp³-hybridized carbons (Fsp3) is 0.316. The van der Waals surface area contributed by atoms with E-state index < -0.39 is 0 Å². The maximum absolute atomic E-state index is 12.3. The van der Waals surface area contributed by atoms with Crippen LogP contribution in [0.15, 0.2) is 30.3 Å². The van der Waals surface area contributed by atoms with Gasteiger partial charge >= 0.3 is 0 Å². The Bertz CT molecular complexity index is 827. The van der Waals surface area contributed by atoms with Gasteiger partial charge in [-0.25, -0.2) is 0 Å². The highest BCUT2D eigenvalue weighted by molar-refractivity contribution is 6.31. The lowest BCUT2D eigenvalue weighted by Gasteiger charge is -2.08. The van der Waals surface area contributed by atoms with Gasteiger partial charge in [0.05, 0.1) is 16.9 Å². The van der Waals surface area contributed by atoms with Crippen molar-refractivity contribution in [2.24, 2.45) is 0 Å². The summed E-state index contributed by atoms with van der Waals surface area (Å²) in [5, 5.41) is 10.2. The Hall–Kier alpha value is -2.60. The number of anilines is 1. The number of nitrogens with zero attached hydrogens (tertiary/aromatic N) is 2. The van der Waals surface area contributed by atoms with Crippen LogP contribution >= 0.6 is 11.6 Å². The Morgan fingerprint density at radius 3 is 2.73 bits per heavy atom. The van der Waals surface area contributed by atoms with E-state index in [1.165, 1.54) is 6.08 Å². The molecule has 0 aliphatic rings. The zero-order valence-corrected chi connectivity index (χ0v) is 15.9. The van der Waals surface area contributed by atoms with E-state index in [4.69, 9.17) is 11.6 Å². The van der Waals surface area contributed by atoms with Crippen molar-refractivity contribution in [3.8, 4) is 0 Å². The first-order valence-electron chi connectivity index (χ1n) is 8.51. The highest BCUT2D eigenvalue weighted by Gasteiger charge is 2.12. The molecule has 0 saturated heterocycles. The monoisotopic (exact) mass is 374 g/mol. The average molecular weight is 375 g/mol. The molecule has 0 atom stereocenters. The van der Waals surface area contributed by atoms with Gasteiger partial charge in [0.25, 0.3) is 5.91 Å². The van der Waals surface area contributed by atoms with Crippen LogP contribution in [0.5, 0.6) is 0 Å². The molecule has 1 aromatic heterocycles. The number of nitrogens with one attached hydrogen (secondary N) is 2. The first kappa shape index (κ1) is 19.7. The van der Waals surface area contributed by atoms with Crippen LogP contribution in [0.1, 0.15) is 41.4 Å². The van der Waals surface area contributed by atoms with Crippen LogP contribution in [-0.2, 0) is 11.3 Å². The third-order valence-electron chi connectivity index (χ3n) is 3.89. The Morgan fingerprint density at radius 1 is 1.31 bits per heavy atom. The van der Waals surface area contributed by atoms with Crippen molar-refractivity contribution in [3.63, 3.8) is 0 Å². The lowest BCUT2D eigenvalue weighted by molar-refractivity contribution is -0.111. The van der Waals surface area contributed by atoms with Gasteiger partial charge in [-0.1, -0.05) is 37.1 Å². The third-order valence-corrected chi connectivity index (χ3v) is 4.29. The van der Waals surface area contributed by atoms with E-state index in [1.807, 2.05) is 6.92 Å². The van der Waals surface area contributed by atoms with Crippen molar-refractivity contribution in [2.75, 3.05) is 12.4 Å². The van der Waals surface area contributed by atoms with E-state index in [2.05, 4.69) is 22.7 Å². The van der Waals surface area contributed by atoms with Crippen LogP contribution in [-0.4, -0.2) is 28.6 Å². The first-order valence-corrected chi connectivity index (χ1v) is 8.88. The minimum absolute atomic E-state index is 0.263. The van der Waals surface area contributed by atoms with E-state index in [9.17, 15) is 9.59 Å². The van der Waals surface area contributed by atoms with Gasteiger partial charge in [-0.05, 0) is 31.6 Å². The predicted octanol–water partition coefficient (Wildman–Crippen LogP) is 3.66. The van der Waals surface area contributed by atoms with E-state index in [0.717, 1.165) is 30.6 Å². The number of aromatic nitrogens is 2. The third kappa shape index (κ3) is 4.73. The van der Waals surface area contributed by atoms with Crippen LogP contribution < -0.4 is 10.6 Å². The van der Waals surface area contributed by atoms with Crippen LogP contribution in [0.2, 0.25) is 5.15 Å². The summed E-state index contributed by atoms with van der Waals surface area (Å²) in [6.07, 6.45) is 5.07. The molecule has 2 amide bonds. The molecule has 0 aliphatic heterocycles. The molecule has 0 bridgehead atoms. The molecule has 1 heterocycles. The molecule has 0 spiro atoms. The normalized spacial score (nSPS) is 10.9. The molecule has 0 aliphatic carbocycles. The number of halogens is 1. The zero-order chi connectivity index (χ0) is 19.1. The fourth-order valence-corrected chi connectivity index (χ4v) is 2.79. The number of aryl methyl sites for hydroxylation is 2. The van der Waals surface area contributed by atoms with Gasteiger partial charge in [-0.3, -0.25) is 14.3 Å². The van der Waals surface area contributed by atoms with Gasteiger partial charge in [-0.15, -0.1) is 0 Å². The smallest absolute Gasteiger partial charge is 0.253 e. The molecule has 0 saturated carbocycles. The van der Waals surface area contributed by atoms with E-state index >= 15 is 0 Å². The Labute approximate surface area is 158 Å². The number of hydrogen-bond donors (Lipinski definition) is 2. The molecule has 2 rings (SSSR count). The Morgan fingerprint density at radius 2 is 2.04 bits per heavy atom.